The van der Waals surface area contributed by atoms with Crippen LogP contribution in [-0.4, -0.2) is 30.3 Å². The van der Waals surface area contributed by atoms with E-state index in [4.69, 9.17) is 0 Å². The van der Waals surface area contributed by atoms with E-state index in [0.29, 0.717) is 5.69 Å². The number of imidazole rings is 1. The van der Waals surface area contributed by atoms with Crippen LogP contribution in [0, 0.1) is 5.82 Å². The fraction of sp³-hybridized carbons (Fsp3) is 0.300. The average molecular weight is 418 g/mol. The molecule has 0 bridgehead atoms. The first kappa shape index (κ1) is 20.9. The number of nitrogens with one attached hydrogen (secondary N) is 3. The summed E-state index contributed by atoms with van der Waals surface area (Å²) in [5.74, 6) is -0.236. The lowest BCUT2D eigenvalue weighted by Gasteiger charge is -2.14. The number of nitrogens with zero attached hydrogens (tertiary/aromatic N) is 1. The van der Waals surface area contributed by atoms with Gasteiger partial charge in [0.25, 0.3) is 0 Å². The molecule has 0 saturated carbocycles. The Balaban J connectivity index is 1.72. The maximum Gasteiger partial charge on any atom is 0.242 e. The first-order valence-corrected chi connectivity index (χ1v) is 10.5. The van der Waals surface area contributed by atoms with E-state index in [0.717, 1.165) is 41.1 Å². The van der Waals surface area contributed by atoms with Gasteiger partial charge >= 0.3 is 0 Å². The number of fused-ring (bicyclic) bond motifs is 1. The van der Waals surface area contributed by atoms with E-state index < -0.39 is 27.8 Å². The van der Waals surface area contributed by atoms with Crippen LogP contribution >= 0.6 is 0 Å². The SMILES string of the molecule is CC(NS(=O)(=O)c1ccc(F)cc1)C(=O)Nc1ccc2nc(C(C)(C)C)[nH]c2c1. The minimum atomic E-state index is -3.95. The number of benzene rings is 2. The highest BCUT2D eigenvalue weighted by Crippen LogP contribution is 2.24. The molecule has 0 fully saturated rings. The third kappa shape index (κ3) is 4.80. The smallest absolute Gasteiger partial charge is 0.242 e. The number of anilines is 1. The van der Waals surface area contributed by atoms with Gasteiger partial charge in [-0.05, 0) is 49.4 Å². The van der Waals surface area contributed by atoms with Crippen LogP contribution in [0.15, 0.2) is 47.4 Å². The zero-order valence-electron chi connectivity index (χ0n) is 16.6. The molecule has 1 atom stereocenters. The number of carbonyl (C=O) groups is 1. The van der Waals surface area contributed by atoms with Crippen LogP contribution in [0.4, 0.5) is 10.1 Å². The quantitative estimate of drug-likeness (QED) is 0.591. The summed E-state index contributed by atoms with van der Waals surface area (Å²) in [6.07, 6.45) is 0. The van der Waals surface area contributed by atoms with Crippen LogP contribution in [0.3, 0.4) is 0 Å². The number of aromatic nitrogens is 2. The van der Waals surface area contributed by atoms with E-state index >= 15 is 0 Å². The summed E-state index contributed by atoms with van der Waals surface area (Å²) in [7, 11) is -3.95. The summed E-state index contributed by atoms with van der Waals surface area (Å²) in [4.78, 5) is 20.1. The first-order valence-electron chi connectivity index (χ1n) is 9.05. The van der Waals surface area contributed by atoms with Crippen molar-refractivity contribution in [1.29, 1.82) is 0 Å². The molecule has 3 rings (SSSR count). The van der Waals surface area contributed by atoms with Gasteiger partial charge in [-0.2, -0.15) is 4.72 Å². The average Bonchev–Trinajstić information content (AvgIpc) is 3.05. The van der Waals surface area contributed by atoms with E-state index in [1.54, 1.807) is 18.2 Å². The Morgan fingerprint density at radius 1 is 1.14 bits per heavy atom. The van der Waals surface area contributed by atoms with Crippen LogP contribution in [0.25, 0.3) is 11.0 Å². The molecule has 7 nitrogen and oxygen atoms in total. The van der Waals surface area contributed by atoms with Crippen molar-refractivity contribution in [2.75, 3.05) is 5.32 Å². The lowest BCUT2D eigenvalue weighted by Crippen LogP contribution is -2.41. The van der Waals surface area contributed by atoms with E-state index in [9.17, 15) is 17.6 Å². The zero-order chi connectivity index (χ0) is 21.4. The predicted molar refractivity (Wildman–Crippen MR) is 110 cm³/mol. The molecular weight excluding hydrogens is 395 g/mol. The van der Waals surface area contributed by atoms with E-state index in [2.05, 4.69) is 20.0 Å². The van der Waals surface area contributed by atoms with Crippen molar-refractivity contribution < 1.29 is 17.6 Å². The summed E-state index contributed by atoms with van der Waals surface area (Å²) in [6, 6.07) is 8.57. The summed E-state index contributed by atoms with van der Waals surface area (Å²) in [5, 5.41) is 2.69. The highest BCUT2D eigenvalue weighted by molar-refractivity contribution is 7.89. The summed E-state index contributed by atoms with van der Waals surface area (Å²) >= 11 is 0. The Labute approximate surface area is 168 Å². The number of rotatable bonds is 5. The summed E-state index contributed by atoms with van der Waals surface area (Å²) in [6.45, 7) is 7.57. The van der Waals surface area contributed by atoms with Gasteiger partial charge in [-0.1, -0.05) is 20.8 Å². The largest absolute Gasteiger partial charge is 0.341 e. The van der Waals surface area contributed by atoms with Crippen molar-refractivity contribution in [2.24, 2.45) is 0 Å². The Morgan fingerprint density at radius 2 is 1.79 bits per heavy atom. The third-order valence-corrected chi connectivity index (χ3v) is 5.87. The van der Waals surface area contributed by atoms with Crippen molar-refractivity contribution in [3.8, 4) is 0 Å². The summed E-state index contributed by atoms with van der Waals surface area (Å²) in [5.41, 5.74) is 1.92. The van der Waals surface area contributed by atoms with E-state index in [1.807, 2.05) is 20.8 Å². The molecule has 29 heavy (non-hydrogen) atoms. The zero-order valence-corrected chi connectivity index (χ0v) is 17.4. The van der Waals surface area contributed by atoms with Crippen molar-refractivity contribution in [2.45, 2.75) is 44.0 Å². The van der Waals surface area contributed by atoms with Gasteiger partial charge in [0.05, 0.1) is 22.0 Å². The molecule has 0 aliphatic rings. The highest BCUT2D eigenvalue weighted by atomic mass is 32.2. The van der Waals surface area contributed by atoms with Gasteiger partial charge in [0, 0.05) is 11.1 Å². The van der Waals surface area contributed by atoms with Gasteiger partial charge in [0.15, 0.2) is 0 Å². The molecule has 1 amide bonds. The van der Waals surface area contributed by atoms with Gasteiger partial charge in [0.2, 0.25) is 15.9 Å². The lowest BCUT2D eigenvalue weighted by molar-refractivity contribution is -0.117. The normalized spacial score (nSPS) is 13.4. The van der Waals surface area contributed by atoms with Gasteiger partial charge in [-0.25, -0.2) is 17.8 Å². The molecule has 1 unspecified atom stereocenters. The predicted octanol–water partition coefficient (Wildman–Crippen LogP) is 3.31. The number of H-pyrrole nitrogens is 1. The second-order valence-electron chi connectivity index (χ2n) is 7.85. The minimum absolute atomic E-state index is 0.118. The van der Waals surface area contributed by atoms with Crippen molar-refractivity contribution >= 4 is 32.7 Å². The Morgan fingerprint density at radius 3 is 2.41 bits per heavy atom. The molecule has 0 aliphatic heterocycles. The van der Waals surface area contributed by atoms with Gasteiger partial charge in [-0.3, -0.25) is 4.79 Å². The number of halogens is 1. The van der Waals surface area contributed by atoms with Crippen molar-refractivity contribution in [1.82, 2.24) is 14.7 Å². The molecular formula is C20H23FN4O3S. The fourth-order valence-corrected chi connectivity index (χ4v) is 3.86. The van der Waals surface area contributed by atoms with E-state index in [1.165, 1.54) is 6.92 Å². The molecule has 1 heterocycles. The molecule has 3 aromatic rings. The highest BCUT2D eigenvalue weighted by Gasteiger charge is 2.23. The van der Waals surface area contributed by atoms with Crippen LogP contribution in [-0.2, 0) is 20.2 Å². The Bertz CT molecular complexity index is 1150. The number of sulfonamides is 1. The maximum absolute atomic E-state index is 13.0. The second kappa shape index (κ2) is 7.57. The monoisotopic (exact) mass is 418 g/mol. The number of hydrogen-bond donors (Lipinski definition) is 3. The molecule has 0 spiro atoms. The molecule has 0 aliphatic carbocycles. The lowest BCUT2D eigenvalue weighted by atomic mass is 9.96. The Kier molecular flexibility index (Phi) is 5.46. The van der Waals surface area contributed by atoms with Gasteiger partial charge in [0.1, 0.15) is 11.6 Å². The number of aromatic amines is 1. The molecule has 3 N–H and O–H groups in total. The Hall–Kier alpha value is -2.78. The number of amides is 1. The second-order valence-corrected chi connectivity index (χ2v) is 9.57. The maximum atomic E-state index is 13.0. The molecule has 0 saturated heterocycles. The van der Waals surface area contributed by atoms with E-state index in [-0.39, 0.29) is 10.3 Å². The molecule has 9 heteroatoms. The molecule has 154 valence electrons. The molecule has 0 radical (unpaired) electrons. The standard InChI is InChI=1S/C20H23FN4O3S/c1-12(25-29(27,28)15-8-5-13(21)6-9-15)18(26)22-14-7-10-16-17(11-14)24-19(23-16)20(2,3)4/h5-12,25H,1-4H3,(H,22,26)(H,23,24). The van der Waals surface area contributed by atoms with Crippen LogP contribution in [0.1, 0.15) is 33.5 Å². The topological polar surface area (TPSA) is 104 Å². The van der Waals surface area contributed by atoms with Crippen molar-refractivity contribution in [3.05, 3.63) is 54.1 Å². The first-order chi connectivity index (χ1) is 13.5. The molecule has 2 aromatic carbocycles. The fourth-order valence-electron chi connectivity index (χ4n) is 2.66. The van der Waals surface area contributed by atoms with Crippen molar-refractivity contribution in [3.63, 3.8) is 0 Å². The summed E-state index contributed by atoms with van der Waals surface area (Å²) < 4.78 is 40.0. The number of hydrogen-bond acceptors (Lipinski definition) is 4. The third-order valence-electron chi connectivity index (χ3n) is 4.31. The minimum Gasteiger partial charge on any atom is -0.341 e. The molecule has 1 aromatic heterocycles. The van der Waals surface area contributed by atoms with Gasteiger partial charge in [-0.15, -0.1) is 0 Å². The number of carbonyl (C=O) groups excluding carboxylic acids is 1. The van der Waals surface area contributed by atoms with Gasteiger partial charge < -0.3 is 10.3 Å². The van der Waals surface area contributed by atoms with Crippen LogP contribution in [0.5, 0.6) is 0 Å². The van der Waals surface area contributed by atoms with Crippen LogP contribution < -0.4 is 10.0 Å². The van der Waals surface area contributed by atoms with Crippen LogP contribution in [0.2, 0.25) is 0 Å².